The molecule has 0 spiro atoms. The van der Waals surface area contributed by atoms with Crippen LogP contribution in [0.2, 0.25) is 0 Å². The molecule has 0 aliphatic carbocycles. The minimum absolute atomic E-state index is 0.0671. The molecule has 1 unspecified atom stereocenters. The van der Waals surface area contributed by atoms with E-state index in [0.717, 1.165) is 37.9 Å². The van der Waals surface area contributed by atoms with Crippen LogP contribution in [-0.2, 0) is 11.3 Å². The maximum atomic E-state index is 5.89. The molecule has 0 saturated carbocycles. The fourth-order valence-electron chi connectivity index (χ4n) is 2.61. The predicted molar refractivity (Wildman–Crippen MR) is 88.9 cm³/mol. The summed E-state index contributed by atoms with van der Waals surface area (Å²) < 4.78 is 8.11. The Bertz CT molecular complexity index is 476. The number of nitrogens with zero attached hydrogens (tertiary/aromatic N) is 4. The summed E-state index contributed by atoms with van der Waals surface area (Å²) in [5.74, 6) is 2.36. The highest BCUT2D eigenvalue weighted by atomic mass is 32.2. The predicted octanol–water partition coefficient (Wildman–Crippen LogP) is 2.75. The van der Waals surface area contributed by atoms with Gasteiger partial charge in [-0.1, -0.05) is 19.9 Å². The van der Waals surface area contributed by atoms with Crippen LogP contribution in [0.15, 0.2) is 12.7 Å². The average Bonchev–Trinajstić information content (AvgIpc) is 3.05. The Morgan fingerprint density at radius 1 is 1.57 bits per heavy atom. The van der Waals surface area contributed by atoms with Crippen molar-refractivity contribution in [2.75, 3.05) is 31.4 Å². The van der Waals surface area contributed by atoms with Crippen LogP contribution in [-0.4, -0.2) is 46.5 Å². The molecule has 6 heteroatoms. The van der Waals surface area contributed by atoms with Crippen molar-refractivity contribution in [1.29, 1.82) is 0 Å². The Morgan fingerprint density at radius 3 is 2.90 bits per heavy atom. The molecule has 1 saturated heterocycles. The third-order valence-corrected chi connectivity index (χ3v) is 4.94. The number of likely N-dealkylation sites (N-methyl/N-ethyl adjacent to an activating group) is 1. The number of ether oxygens (including phenoxy) is 1. The second-order valence-electron chi connectivity index (χ2n) is 5.74. The van der Waals surface area contributed by atoms with Crippen molar-refractivity contribution in [1.82, 2.24) is 14.8 Å². The summed E-state index contributed by atoms with van der Waals surface area (Å²) in [5.41, 5.74) is 0. The monoisotopic (exact) mass is 310 g/mol. The van der Waals surface area contributed by atoms with Gasteiger partial charge >= 0.3 is 0 Å². The Kier molecular flexibility index (Phi) is 5.70. The molecule has 2 rings (SSSR count). The van der Waals surface area contributed by atoms with Gasteiger partial charge in [-0.25, -0.2) is 0 Å². The van der Waals surface area contributed by atoms with Gasteiger partial charge in [-0.15, -0.1) is 16.8 Å². The first-order chi connectivity index (χ1) is 10.1. The van der Waals surface area contributed by atoms with E-state index in [0.29, 0.717) is 11.2 Å². The molecule has 118 valence electrons. The summed E-state index contributed by atoms with van der Waals surface area (Å²) in [6, 6.07) is 0. The van der Waals surface area contributed by atoms with Crippen LogP contribution >= 0.6 is 11.8 Å². The van der Waals surface area contributed by atoms with Gasteiger partial charge in [-0.2, -0.15) is 11.8 Å². The molecule has 1 aliphatic rings. The van der Waals surface area contributed by atoms with Crippen LogP contribution in [0, 0.1) is 5.92 Å². The Hall–Kier alpha value is -1.01. The van der Waals surface area contributed by atoms with Crippen molar-refractivity contribution in [3.8, 4) is 0 Å². The molecular formula is C15H26N4OS. The lowest BCUT2D eigenvalue weighted by Gasteiger charge is -2.22. The topological polar surface area (TPSA) is 43.2 Å². The highest BCUT2D eigenvalue weighted by Crippen LogP contribution is 2.34. The normalized spacial score (nSPS) is 23.2. The van der Waals surface area contributed by atoms with Crippen LogP contribution in [0.25, 0.3) is 0 Å². The van der Waals surface area contributed by atoms with E-state index in [1.54, 1.807) is 0 Å². The molecule has 0 amide bonds. The third-order valence-electron chi connectivity index (χ3n) is 3.99. The van der Waals surface area contributed by atoms with Crippen molar-refractivity contribution < 1.29 is 4.74 Å². The first-order valence-electron chi connectivity index (χ1n) is 7.48. The van der Waals surface area contributed by atoms with E-state index < -0.39 is 0 Å². The van der Waals surface area contributed by atoms with Gasteiger partial charge in [-0.05, 0) is 18.6 Å². The summed E-state index contributed by atoms with van der Waals surface area (Å²) in [4.78, 5) is 2.08. The second kappa shape index (κ2) is 7.31. The maximum absolute atomic E-state index is 5.89. The summed E-state index contributed by atoms with van der Waals surface area (Å²) in [6.07, 6.45) is 5.17. The van der Waals surface area contributed by atoms with Gasteiger partial charge in [0.2, 0.25) is 5.95 Å². The minimum Gasteiger partial charge on any atom is -0.370 e. The molecule has 1 fully saturated rings. The van der Waals surface area contributed by atoms with E-state index in [9.17, 15) is 0 Å². The first kappa shape index (κ1) is 16.4. The van der Waals surface area contributed by atoms with Gasteiger partial charge in [-0.3, -0.25) is 4.57 Å². The molecule has 3 atom stereocenters. The van der Waals surface area contributed by atoms with Gasteiger partial charge in [0.15, 0.2) is 5.82 Å². The summed E-state index contributed by atoms with van der Waals surface area (Å²) >= 11 is 1.85. The van der Waals surface area contributed by atoms with Gasteiger partial charge in [0.1, 0.15) is 6.10 Å². The molecular weight excluding hydrogens is 284 g/mol. The Labute approximate surface area is 131 Å². The van der Waals surface area contributed by atoms with Crippen LogP contribution in [0.5, 0.6) is 0 Å². The smallest absolute Gasteiger partial charge is 0.227 e. The van der Waals surface area contributed by atoms with Crippen LogP contribution in [0.3, 0.4) is 0 Å². The number of thioether (sulfide) groups is 1. The zero-order valence-electron chi connectivity index (χ0n) is 13.5. The van der Waals surface area contributed by atoms with E-state index in [-0.39, 0.29) is 6.10 Å². The van der Waals surface area contributed by atoms with Gasteiger partial charge in [0.05, 0.1) is 0 Å². The van der Waals surface area contributed by atoms with Crippen molar-refractivity contribution in [3.05, 3.63) is 18.5 Å². The van der Waals surface area contributed by atoms with Crippen LogP contribution in [0.4, 0.5) is 5.95 Å². The molecule has 2 heterocycles. The number of anilines is 1. The lowest BCUT2D eigenvalue weighted by Crippen LogP contribution is -2.25. The molecule has 0 radical (unpaired) electrons. The number of rotatable bonds is 7. The molecule has 21 heavy (non-hydrogen) atoms. The largest absolute Gasteiger partial charge is 0.370 e. The van der Waals surface area contributed by atoms with Crippen LogP contribution in [0.1, 0.15) is 32.2 Å². The van der Waals surface area contributed by atoms with Gasteiger partial charge in [0.25, 0.3) is 0 Å². The van der Waals surface area contributed by atoms with Crippen LogP contribution < -0.4 is 4.90 Å². The summed E-state index contributed by atoms with van der Waals surface area (Å²) in [7, 11) is 2.02. The zero-order chi connectivity index (χ0) is 15.4. The molecule has 1 aromatic heterocycles. The van der Waals surface area contributed by atoms with Crippen molar-refractivity contribution >= 4 is 17.7 Å². The summed E-state index contributed by atoms with van der Waals surface area (Å²) in [6.45, 7) is 10.7. The molecule has 0 aromatic carbocycles. The van der Waals surface area contributed by atoms with Crippen molar-refractivity contribution in [2.24, 2.45) is 5.92 Å². The second-order valence-corrected chi connectivity index (χ2v) is 7.02. The van der Waals surface area contributed by atoms with Gasteiger partial charge in [0, 0.05) is 32.0 Å². The maximum Gasteiger partial charge on any atom is 0.227 e. The van der Waals surface area contributed by atoms with Gasteiger partial charge < -0.3 is 9.64 Å². The summed E-state index contributed by atoms with van der Waals surface area (Å²) in [5, 5.41) is 9.35. The number of hydrogen-bond donors (Lipinski definition) is 0. The number of aromatic nitrogens is 3. The molecule has 0 bridgehead atoms. The molecule has 1 aromatic rings. The fraction of sp³-hybridized carbons (Fsp3) is 0.733. The Morgan fingerprint density at radius 2 is 2.33 bits per heavy atom. The highest BCUT2D eigenvalue weighted by molar-refractivity contribution is 7.99. The zero-order valence-corrected chi connectivity index (χ0v) is 14.3. The first-order valence-corrected chi connectivity index (χ1v) is 8.76. The molecule has 5 nitrogen and oxygen atoms in total. The third kappa shape index (κ3) is 3.61. The average molecular weight is 310 g/mol. The quantitative estimate of drug-likeness (QED) is 0.725. The minimum atomic E-state index is 0.0671. The van der Waals surface area contributed by atoms with E-state index >= 15 is 0 Å². The standard InChI is InChI=1S/C15H26N4OS/c1-6-8-18(4)15-17-16-14(13-11(2)7-9-20-13)19(15)10-12(3)21-5/h6,11-13H,1,7-10H2,2-5H3/t11-,12?,13+/m0/s1. The lowest BCUT2D eigenvalue weighted by atomic mass is 10.0. The molecule has 1 aliphatic heterocycles. The fourth-order valence-corrected chi connectivity index (χ4v) is 2.91. The van der Waals surface area contributed by atoms with E-state index in [1.165, 1.54) is 0 Å². The Balaban J connectivity index is 2.33. The SMILES string of the molecule is C=CCN(C)c1nnc([C@@H]2OCC[C@@H]2C)n1CC(C)SC. The van der Waals surface area contributed by atoms with E-state index in [4.69, 9.17) is 4.74 Å². The highest BCUT2D eigenvalue weighted by Gasteiger charge is 2.32. The van der Waals surface area contributed by atoms with E-state index in [1.807, 2.05) is 24.9 Å². The number of hydrogen-bond acceptors (Lipinski definition) is 5. The van der Waals surface area contributed by atoms with E-state index in [2.05, 4.69) is 46.3 Å². The van der Waals surface area contributed by atoms with Crippen molar-refractivity contribution in [3.63, 3.8) is 0 Å². The molecule has 0 N–H and O–H groups in total. The lowest BCUT2D eigenvalue weighted by molar-refractivity contribution is 0.0840. The van der Waals surface area contributed by atoms with Crippen molar-refractivity contribution in [2.45, 2.75) is 38.2 Å².